The molecule has 1 aliphatic rings. The molecule has 0 radical (unpaired) electrons. The largest absolute Gasteiger partial charge is 0.389 e. The SMILES string of the molecule is Cc1cccc(C(N)=S)c1N1CCC(C(N)=O)CC1. The van der Waals surface area contributed by atoms with E-state index >= 15 is 0 Å². The van der Waals surface area contributed by atoms with Crippen LogP contribution in [0.5, 0.6) is 0 Å². The summed E-state index contributed by atoms with van der Waals surface area (Å²) >= 11 is 5.12. The number of thiocarbonyl (C=S) groups is 1. The highest BCUT2D eigenvalue weighted by molar-refractivity contribution is 7.80. The standard InChI is InChI=1S/C14H19N3OS/c1-9-3-2-4-11(14(16)19)12(9)17-7-5-10(6-8-17)13(15)18/h2-4,10H,5-8H2,1H3,(H2,15,18)(H2,16,19). The van der Waals surface area contributed by atoms with E-state index in [1.165, 1.54) is 0 Å². The molecule has 1 aromatic carbocycles. The van der Waals surface area contributed by atoms with Gasteiger partial charge in [0.25, 0.3) is 0 Å². The van der Waals surface area contributed by atoms with Crippen molar-refractivity contribution in [2.45, 2.75) is 19.8 Å². The second kappa shape index (κ2) is 5.57. The first-order valence-corrected chi connectivity index (χ1v) is 6.85. The number of nitrogens with two attached hydrogens (primary N) is 2. The Hall–Kier alpha value is -1.62. The molecular weight excluding hydrogens is 258 g/mol. The number of rotatable bonds is 3. The summed E-state index contributed by atoms with van der Waals surface area (Å²) in [6.45, 7) is 3.68. The van der Waals surface area contributed by atoms with Crippen molar-refractivity contribution in [1.29, 1.82) is 0 Å². The molecule has 5 heteroatoms. The summed E-state index contributed by atoms with van der Waals surface area (Å²) < 4.78 is 0. The first-order valence-electron chi connectivity index (χ1n) is 6.44. The van der Waals surface area contributed by atoms with Crippen LogP contribution in [0, 0.1) is 12.8 Å². The molecule has 0 unspecified atom stereocenters. The predicted molar refractivity (Wildman–Crippen MR) is 81.2 cm³/mol. The Labute approximate surface area is 118 Å². The average Bonchev–Trinajstić information content (AvgIpc) is 2.38. The van der Waals surface area contributed by atoms with Gasteiger partial charge in [0.05, 0.1) is 0 Å². The van der Waals surface area contributed by atoms with Gasteiger partial charge in [0.1, 0.15) is 4.99 Å². The van der Waals surface area contributed by atoms with Gasteiger partial charge in [0.2, 0.25) is 5.91 Å². The van der Waals surface area contributed by atoms with Crippen molar-refractivity contribution >= 4 is 28.8 Å². The van der Waals surface area contributed by atoms with E-state index in [0.29, 0.717) is 4.99 Å². The van der Waals surface area contributed by atoms with Gasteiger partial charge < -0.3 is 16.4 Å². The van der Waals surface area contributed by atoms with E-state index in [9.17, 15) is 4.79 Å². The van der Waals surface area contributed by atoms with Crippen molar-refractivity contribution in [2.75, 3.05) is 18.0 Å². The fourth-order valence-electron chi connectivity index (χ4n) is 2.67. The molecule has 1 aromatic rings. The third kappa shape index (κ3) is 2.87. The molecular formula is C14H19N3OS. The second-order valence-corrected chi connectivity index (χ2v) is 5.44. The monoisotopic (exact) mass is 277 g/mol. The summed E-state index contributed by atoms with van der Waals surface area (Å²) in [5.41, 5.74) is 14.3. The van der Waals surface area contributed by atoms with Crippen LogP contribution >= 0.6 is 12.2 Å². The topological polar surface area (TPSA) is 72.3 Å². The van der Waals surface area contributed by atoms with Gasteiger partial charge in [-0.15, -0.1) is 0 Å². The fourth-order valence-corrected chi connectivity index (χ4v) is 2.83. The van der Waals surface area contributed by atoms with Crippen LogP contribution in [0.25, 0.3) is 0 Å². The van der Waals surface area contributed by atoms with Gasteiger partial charge >= 0.3 is 0 Å². The lowest BCUT2D eigenvalue weighted by atomic mass is 9.94. The summed E-state index contributed by atoms with van der Waals surface area (Å²) in [6.07, 6.45) is 1.58. The summed E-state index contributed by atoms with van der Waals surface area (Å²) in [6, 6.07) is 5.96. The van der Waals surface area contributed by atoms with Crippen molar-refractivity contribution in [3.05, 3.63) is 29.3 Å². The zero-order valence-corrected chi connectivity index (χ0v) is 11.9. The third-order valence-corrected chi connectivity index (χ3v) is 3.94. The van der Waals surface area contributed by atoms with Gasteiger partial charge in [0.15, 0.2) is 0 Å². The van der Waals surface area contributed by atoms with Crippen LogP contribution in [0.2, 0.25) is 0 Å². The molecule has 1 aliphatic heterocycles. The number of hydrogen-bond donors (Lipinski definition) is 2. The number of hydrogen-bond acceptors (Lipinski definition) is 3. The molecule has 1 heterocycles. The molecule has 19 heavy (non-hydrogen) atoms. The van der Waals surface area contributed by atoms with E-state index < -0.39 is 0 Å². The molecule has 1 saturated heterocycles. The predicted octanol–water partition coefficient (Wildman–Crippen LogP) is 1.33. The number of benzene rings is 1. The quantitative estimate of drug-likeness (QED) is 0.818. The number of aryl methyl sites for hydroxylation is 1. The van der Waals surface area contributed by atoms with Crippen molar-refractivity contribution in [3.8, 4) is 0 Å². The minimum absolute atomic E-state index is 0.00598. The minimum Gasteiger partial charge on any atom is -0.389 e. The number of para-hydroxylation sites is 1. The Morgan fingerprint density at radius 3 is 2.47 bits per heavy atom. The van der Waals surface area contributed by atoms with E-state index in [1.807, 2.05) is 12.1 Å². The number of anilines is 1. The summed E-state index contributed by atoms with van der Waals surface area (Å²) in [5.74, 6) is -0.201. The Balaban J connectivity index is 2.24. The smallest absolute Gasteiger partial charge is 0.220 e. The number of amides is 1. The highest BCUT2D eigenvalue weighted by atomic mass is 32.1. The van der Waals surface area contributed by atoms with Crippen molar-refractivity contribution in [2.24, 2.45) is 17.4 Å². The highest BCUT2D eigenvalue weighted by Gasteiger charge is 2.25. The van der Waals surface area contributed by atoms with Crippen LogP contribution < -0.4 is 16.4 Å². The lowest BCUT2D eigenvalue weighted by molar-refractivity contribution is -0.122. The van der Waals surface area contributed by atoms with Crippen LogP contribution in [0.1, 0.15) is 24.0 Å². The van der Waals surface area contributed by atoms with Crippen LogP contribution in [0.3, 0.4) is 0 Å². The normalized spacial score (nSPS) is 16.4. The van der Waals surface area contributed by atoms with Gasteiger partial charge in [-0.2, -0.15) is 0 Å². The van der Waals surface area contributed by atoms with Crippen LogP contribution in [0.4, 0.5) is 5.69 Å². The van der Waals surface area contributed by atoms with E-state index in [-0.39, 0.29) is 11.8 Å². The highest BCUT2D eigenvalue weighted by Crippen LogP contribution is 2.29. The van der Waals surface area contributed by atoms with E-state index in [4.69, 9.17) is 23.7 Å². The number of primary amides is 1. The first-order chi connectivity index (χ1) is 9.00. The van der Waals surface area contributed by atoms with Gasteiger partial charge in [-0.05, 0) is 31.4 Å². The third-order valence-electron chi connectivity index (χ3n) is 3.72. The lowest BCUT2D eigenvalue weighted by Crippen LogP contribution is -2.39. The first kappa shape index (κ1) is 13.8. The molecule has 0 aliphatic carbocycles. The van der Waals surface area contributed by atoms with Gasteiger partial charge in [0, 0.05) is 30.3 Å². The van der Waals surface area contributed by atoms with Gasteiger partial charge in [-0.25, -0.2) is 0 Å². The molecule has 4 nitrogen and oxygen atoms in total. The van der Waals surface area contributed by atoms with Crippen molar-refractivity contribution in [1.82, 2.24) is 0 Å². The number of carbonyl (C=O) groups is 1. The Bertz CT molecular complexity index is 507. The molecule has 0 spiro atoms. The molecule has 0 atom stereocenters. The maximum absolute atomic E-state index is 11.2. The summed E-state index contributed by atoms with van der Waals surface area (Å²) in [5, 5.41) is 0. The minimum atomic E-state index is -0.195. The summed E-state index contributed by atoms with van der Waals surface area (Å²) in [4.78, 5) is 13.9. The second-order valence-electron chi connectivity index (χ2n) is 5.00. The van der Waals surface area contributed by atoms with Gasteiger partial charge in [-0.3, -0.25) is 4.79 Å². The maximum Gasteiger partial charge on any atom is 0.220 e. The zero-order valence-electron chi connectivity index (χ0n) is 11.1. The Morgan fingerprint density at radius 1 is 1.32 bits per heavy atom. The number of piperidine rings is 1. The molecule has 102 valence electrons. The molecule has 1 fully saturated rings. The van der Waals surface area contributed by atoms with Crippen molar-refractivity contribution in [3.63, 3.8) is 0 Å². The van der Waals surface area contributed by atoms with Gasteiger partial charge in [-0.1, -0.05) is 24.4 Å². The van der Waals surface area contributed by atoms with Crippen LogP contribution in [0.15, 0.2) is 18.2 Å². The lowest BCUT2D eigenvalue weighted by Gasteiger charge is -2.34. The average molecular weight is 277 g/mol. The van der Waals surface area contributed by atoms with Crippen LogP contribution in [-0.2, 0) is 4.79 Å². The van der Waals surface area contributed by atoms with Crippen molar-refractivity contribution < 1.29 is 4.79 Å². The Morgan fingerprint density at radius 2 is 1.95 bits per heavy atom. The molecule has 0 bridgehead atoms. The van der Waals surface area contributed by atoms with E-state index in [1.54, 1.807) is 0 Å². The molecule has 2 rings (SSSR count). The number of nitrogens with zero attached hydrogens (tertiary/aromatic N) is 1. The van der Waals surface area contributed by atoms with E-state index in [2.05, 4.69) is 17.9 Å². The molecule has 1 amide bonds. The molecule has 4 N–H and O–H groups in total. The number of carbonyl (C=O) groups excluding carboxylic acids is 1. The zero-order chi connectivity index (χ0) is 14.0. The maximum atomic E-state index is 11.2. The fraction of sp³-hybridized carbons (Fsp3) is 0.429. The van der Waals surface area contributed by atoms with E-state index in [0.717, 1.165) is 42.7 Å². The molecule has 0 aromatic heterocycles. The Kier molecular flexibility index (Phi) is 4.04. The van der Waals surface area contributed by atoms with Crippen LogP contribution in [-0.4, -0.2) is 24.0 Å². The molecule has 0 saturated carbocycles. The summed E-state index contributed by atoms with van der Waals surface area (Å²) in [7, 11) is 0.